The average Bonchev–Trinajstić information content (AvgIpc) is 3.44. The summed E-state index contributed by atoms with van der Waals surface area (Å²) in [6, 6.07) is 0. The fourth-order valence-corrected chi connectivity index (χ4v) is 10.0. The fraction of sp³-hybridized carbons (Fsp3) is 0.819. The van der Waals surface area contributed by atoms with Gasteiger partial charge in [-0.2, -0.15) is 0 Å². The molecule has 0 saturated heterocycles. The summed E-state index contributed by atoms with van der Waals surface area (Å²) in [7, 11) is 5.97. The van der Waals surface area contributed by atoms with Crippen LogP contribution in [-0.2, 0) is 33.3 Å². The molecule has 0 heterocycles. The maximum Gasteiger partial charge on any atom is 0.361 e. The molecule has 9 heteroatoms. The summed E-state index contributed by atoms with van der Waals surface area (Å²) >= 11 is 0. The molecule has 0 bridgehead atoms. The molecule has 0 fully saturated rings. The number of ether oxygens (including phenoxy) is 4. The molecule has 0 aliphatic carbocycles. The lowest BCUT2D eigenvalue weighted by Crippen LogP contribution is -2.40. The Morgan fingerprint density at radius 3 is 1.06 bits per heavy atom. The highest BCUT2D eigenvalue weighted by atomic mass is 16.7. The topological polar surface area (TPSA) is 108 Å². The zero-order valence-electron chi connectivity index (χ0n) is 53.9. The number of hydrogen-bond acceptors (Lipinski definition) is 7. The van der Waals surface area contributed by atoms with E-state index >= 15 is 0 Å². The van der Waals surface area contributed by atoms with Crippen molar-refractivity contribution in [2.75, 3.05) is 47.5 Å². The highest BCUT2D eigenvalue weighted by Crippen LogP contribution is 2.18. The Hall–Kier alpha value is -3.01. The van der Waals surface area contributed by atoms with Gasteiger partial charge in [-0.3, -0.25) is 9.59 Å². The van der Waals surface area contributed by atoms with E-state index in [9.17, 15) is 19.5 Å². The third-order valence-electron chi connectivity index (χ3n) is 15.3. The Morgan fingerprint density at radius 1 is 0.383 bits per heavy atom. The first-order valence-electron chi connectivity index (χ1n) is 34.5. The van der Waals surface area contributed by atoms with E-state index in [1.54, 1.807) is 0 Å². The minimum atomic E-state index is -1.52. The number of hydrogen-bond donors (Lipinski definition) is 1. The molecule has 0 aromatic heterocycles. The number of carbonyl (C=O) groups excluding carboxylic acids is 2. The van der Waals surface area contributed by atoms with Gasteiger partial charge in [0.1, 0.15) is 13.2 Å². The number of nitrogens with zero attached hydrogens (tertiary/aromatic N) is 1. The number of carbonyl (C=O) groups is 3. The second kappa shape index (κ2) is 63.0. The lowest BCUT2D eigenvalue weighted by atomic mass is 10.0. The number of esters is 2. The summed E-state index contributed by atoms with van der Waals surface area (Å²) in [4.78, 5) is 37.5. The van der Waals surface area contributed by atoms with Crippen molar-refractivity contribution in [3.63, 3.8) is 0 Å². The predicted molar refractivity (Wildman–Crippen MR) is 346 cm³/mol. The molecule has 1 N–H and O–H groups in total. The molecule has 0 saturated carbocycles. The summed E-state index contributed by atoms with van der Waals surface area (Å²) in [5, 5.41) is 9.71. The van der Waals surface area contributed by atoms with Gasteiger partial charge in [0.05, 0.1) is 34.4 Å². The highest BCUT2D eigenvalue weighted by Gasteiger charge is 2.25. The Morgan fingerprint density at radius 2 is 0.704 bits per heavy atom. The minimum Gasteiger partial charge on any atom is -0.477 e. The number of carboxylic acid groups (broad SMARTS) is 1. The van der Waals surface area contributed by atoms with Crippen LogP contribution in [0.4, 0.5) is 0 Å². The monoisotopic (exact) mass is 1140 g/mol. The van der Waals surface area contributed by atoms with Crippen molar-refractivity contribution < 1.29 is 42.9 Å². The number of allylic oxidation sites excluding steroid dienone is 10. The lowest BCUT2D eigenvalue weighted by Gasteiger charge is -2.25. The van der Waals surface area contributed by atoms with Crippen LogP contribution in [0.5, 0.6) is 0 Å². The van der Waals surface area contributed by atoms with Crippen LogP contribution >= 0.6 is 0 Å². The molecule has 9 nitrogen and oxygen atoms in total. The number of likely N-dealkylation sites (N-methyl/N-ethyl adjacent to an activating group) is 1. The fourth-order valence-electron chi connectivity index (χ4n) is 10.0. The maximum atomic E-state index is 12.9. The van der Waals surface area contributed by atoms with Crippen LogP contribution in [0, 0.1) is 0 Å². The van der Waals surface area contributed by atoms with Crippen molar-refractivity contribution in [1.29, 1.82) is 0 Å². The molecule has 2 unspecified atom stereocenters. The Labute approximate surface area is 501 Å². The summed E-state index contributed by atoms with van der Waals surface area (Å²) in [5.41, 5.74) is 0. The van der Waals surface area contributed by atoms with Gasteiger partial charge in [0, 0.05) is 12.8 Å². The van der Waals surface area contributed by atoms with Crippen LogP contribution in [0.15, 0.2) is 60.8 Å². The van der Waals surface area contributed by atoms with Crippen LogP contribution in [0.25, 0.3) is 0 Å². The van der Waals surface area contributed by atoms with Gasteiger partial charge in [0.2, 0.25) is 0 Å². The van der Waals surface area contributed by atoms with Crippen molar-refractivity contribution in [2.45, 2.75) is 334 Å². The number of aliphatic carboxylic acids is 1. The summed E-state index contributed by atoms with van der Waals surface area (Å²) in [5.74, 6) is -2.03. The predicted octanol–water partition coefficient (Wildman–Crippen LogP) is 21.1. The Kier molecular flexibility index (Phi) is 60.7. The van der Waals surface area contributed by atoms with Gasteiger partial charge < -0.3 is 28.5 Å². The number of rotatable bonds is 64. The quantitative estimate of drug-likeness (QED) is 0.0211. The van der Waals surface area contributed by atoms with E-state index in [1.165, 1.54) is 218 Å². The Bertz CT molecular complexity index is 1510. The van der Waals surface area contributed by atoms with Gasteiger partial charge in [-0.1, -0.05) is 293 Å². The Balaban J connectivity index is 3.95. The molecule has 472 valence electrons. The van der Waals surface area contributed by atoms with Gasteiger partial charge in [-0.15, -0.1) is 0 Å². The van der Waals surface area contributed by atoms with Crippen molar-refractivity contribution >= 4 is 17.9 Å². The van der Waals surface area contributed by atoms with Gasteiger partial charge in [0.25, 0.3) is 6.29 Å². The van der Waals surface area contributed by atoms with Crippen LogP contribution in [0.1, 0.15) is 322 Å². The smallest absolute Gasteiger partial charge is 0.361 e. The summed E-state index contributed by atoms with van der Waals surface area (Å²) < 4.78 is 22.9. The largest absolute Gasteiger partial charge is 0.477 e. The molecule has 2 atom stereocenters. The number of carboxylic acids is 1. The first-order chi connectivity index (χ1) is 39.6. The van der Waals surface area contributed by atoms with E-state index in [1.807, 2.05) is 21.1 Å². The molecule has 0 spiro atoms. The highest BCUT2D eigenvalue weighted by molar-refractivity contribution is 5.71. The second-order valence-electron chi connectivity index (χ2n) is 24.5. The van der Waals surface area contributed by atoms with Crippen LogP contribution in [0.3, 0.4) is 0 Å². The molecule has 0 aliphatic heterocycles. The maximum absolute atomic E-state index is 12.9. The molecule has 0 aromatic carbocycles. The van der Waals surface area contributed by atoms with E-state index in [4.69, 9.17) is 18.9 Å². The van der Waals surface area contributed by atoms with E-state index in [0.29, 0.717) is 23.9 Å². The summed E-state index contributed by atoms with van der Waals surface area (Å²) in [6.07, 6.45) is 79.4. The molecule has 0 rings (SSSR count). The van der Waals surface area contributed by atoms with Crippen LogP contribution in [-0.4, -0.2) is 87.4 Å². The zero-order chi connectivity index (χ0) is 59.1. The van der Waals surface area contributed by atoms with E-state index < -0.39 is 24.3 Å². The molecule has 81 heavy (non-hydrogen) atoms. The van der Waals surface area contributed by atoms with Crippen molar-refractivity contribution in [2.24, 2.45) is 0 Å². The molecule has 0 aromatic rings. The van der Waals surface area contributed by atoms with Gasteiger partial charge in [0.15, 0.2) is 6.10 Å². The lowest BCUT2D eigenvalue weighted by molar-refractivity contribution is -0.870. The second-order valence-corrected chi connectivity index (χ2v) is 24.5. The van der Waals surface area contributed by atoms with Crippen LogP contribution in [0.2, 0.25) is 0 Å². The SMILES string of the molecule is CC/C=C\C/C=C\C/C=C\C/C=C\CCCCCCC(=O)OC(COC(=O)CCCCCCCCCCCCCCCCCCCCCCCCCCCCC/C=C\CCCCCCCCCC)COC(OCC[N+](C)(C)C)C(=O)O. The zero-order valence-corrected chi connectivity index (χ0v) is 53.9. The molecule has 0 amide bonds. The normalized spacial score (nSPS) is 13.0. The van der Waals surface area contributed by atoms with Gasteiger partial charge in [-0.25, -0.2) is 4.79 Å². The first kappa shape index (κ1) is 78.0. The van der Waals surface area contributed by atoms with Gasteiger partial charge in [-0.05, 0) is 77.0 Å². The number of unbranched alkanes of at least 4 members (excludes halogenated alkanes) is 39. The standard InChI is InChI=1S/C72H131NO8/c1-6-8-10-12-14-16-18-20-22-24-25-26-27-28-29-30-31-32-33-34-35-36-37-38-39-40-41-42-43-44-45-47-48-50-52-54-56-58-60-62-69(74)79-66-68(67-80-72(71(76)77)78-65-64-73(3,4)5)81-70(75)63-61-59-57-55-53-51-49-46-23-21-19-17-15-13-11-9-7-2/h9,11,15,17,21,23-25,49,51,68,72H,6-8,10,12-14,16,18-20,22,26-48,50,52-67H2,1-5H3/p+1/b11-9-,17-15-,23-21-,25-24-,51-49-. The average molecular weight is 1140 g/mol. The molecular weight excluding hydrogens is 1010 g/mol. The van der Waals surface area contributed by atoms with E-state index in [0.717, 1.165) is 70.6 Å². The third-order valence-corrected chi connectivity index (χ3v) is 15.3. The molecule has 0 radical (unpaired) electrons. The third kappa shape index (κ3) is 64.4. The van der Waals surface area contributed by atoms with E-state index in [-0.39, 0.29) is 32.2 Å². The van der Waals surface area contributed by atoms with E-state index in [2.05, 4.69) is 74.6 Å². The van der Waals surface area contributed by atoms with Crippen molar-refractivity contribution in [3.8, 4) is 0 Å². The molecular formula is C72H132NO8+. The molecule has 0 aliphatic rings. The first-order valence-corrected chi connectivity index (χ1v) is 34.5. The van der Waals surface area contributed by atoms with Gasteiger partial charge >= 0.3 is 17.9 Å². The summed E-state index contributed by atoms with van der Waals surface area (Å²) in [6.45, 7) is 4.77. The van der Waals surface area contributed by atoms with Crippen molar-refractivity contribution in [1.82, 2.24) is 0 Å². The minimum absolute atomic E-state index is 0.182. The van der Waals surface area contributed by atoms with Crippen LogP contribution < -0.4 is 0 Å². The van der Waals surface area contributed by atoms with Crippen molar-refractivity contribution in [3.05, 3.63) is 60.8 Å². The number of quaternary nitrogens is 1.